The van der Waals surface area contributed by atoms with Crippen LogP contribution in [0, 0.1) is 11.6 Å². The van der Waals surface area contributed by atoms with E-state index in [1.807, 2.05) is 0 Å². The monoisotopic (exact) mass is 356 g/mol. The smallest absolute Gasteiger partial charge is 0.256 e. The Morgan fingerprint density at radius 2 is 1.62 bits per heavy atom. The van der Waals surface area contributed by atoms with Crippen LogP contribution in [-0.4, -0.2) is 47.3 Å². The molecule has 7 heteroatoms. The number of halogens is 3. The number of carbonyl (C=O) groups is 2. The normalized spacial score (nSPS) is 21.2. The zero-order valence-corrected chi connectivity index (χ0v) is 14.0. The number of nitrogens with zero attached hydrogens (tertiary/aromatic N) is 2. The first-order valence-corrected chi connectivity index (χ1v) is 8.61. The number of likely N-dealkylation sites (tertiary alicyclic amines) is 2. The van der Waals surface area contributed by atoms with Gasteiger partial charge in [0, 0.05) is 19.6 Å². The summed E-state index contributed by atoms with van der Waals surface area (Å²) >= 11 is 5.92. The van der Waals surface area contributed by atoms with Gasteiger partial charge in [-0.15, -0.1) is 0 Å². The van der Waals surface area contributed by atoms with Crippen molar-refractivity contribution in [3.8, 4) is 0 Å². The second-order valence-corrected chi connectivity index (χ2v) is 6.70. The van der Waals surface area contributed by atoms with Crippen LogP contribution in [-0.2, 0) is 4.79 Å². The summed E-state index contributed by atoms with van der Waals surface area (Å²) in [6.07, 6.45) is 4.17. The van der Waals surface area contributed by atoms with Crippen molar-refractivity contribution in [2.45, 2.75) is 38.1 Å². The largest absolute Gasteiger partial charge is 0.341 e. The molecule has 2 amide bonds. The van der Waals surface area contributed by atoms with Crippen LogP contribution in [0.1, 0.15) is 42.5 Å². The molecule has 2 heterocycles. The van der Waals surface area contributed by atoms with Gasteiger partial charge in [-0.05, 0) is 44.2 Å². The van der Waals surface area contributed by atoms with Gasteiger partial charge in [-0.3, -0.25) is 9.59 Å². The van der Waals surface area contributed by atoms with Gasteiger partial charge >= 0.3 is 0 Å². The summed E-state index contributed by atoms with van der Waals surface area (Å²) in [5.41, 5.74) is -0.100. The standard InChI is InChI=1S/C17H19ClF2N2O2/c18-12-10-14(20)13(19)9-11(12)16(23)22-8-2-1-5-15(22)17(24)21-6-3-4-7-21/h9-10,15H,1-8H2. The SMILES string of the molecule is O=C(C1CCCCN1C(=O)c1cc(F)c(F)cc1Cl)N1CCCC1. The predicted molar refractivity (Wildman–Crippen MR) is 85.9 cm³/mol. The highest BCUT2D eigenvalue weighted by atomic mass is 35.5. The van der Waals surface area contributed by atoms with Gasteiger partial charge in [0.25, 0.3) is 5.91 Å². The third-order valence-corrected chi connectivity index (χ3v) is 5.02. The van der Waals surface area contributed by atoms with Crippen molar-refractivity contribution in [3.63, 3.8) is 0 Å². The van der Waals surface area contributed by atoms with E-state index >= 15 is 0 Å². The quantitative estimate of drug-likeness (QED) is 0.763. The summed E-state index contributed by atoms with van der Waals surface area (Å²) in [6.45, 7) is 1.84. The molecule has 0 saturated carbocycles. The molecule has 1 unspecified atom stereocenters. The van der Waals surface area contributed by atoms with E-state index in [0.717, 1.165) is 37.8 Å². The molecule has 0 radical (unpaired) electrons. The molecule has 4 nitrogen and oxygen atoms in total. The average Bonchev–Trinajstić information content (AvgIpc) is 3.11. The molecule has 0 aliphatic carbocycles. The second-order valence-electron chi connectivity index (χ2n) is 6.29. The number of benzene rings is 1. The van der Waals surface area contributed by atoms with E-state index in [4.69, 9.17) is 11.6 Å². The lowest BCUT2D eigenvalue weighted by atomic mass is 9.99. The predicted octanol–water partition coefficient (Wildman–Crippen LogP) is 3.24. The van der Waals surface area contributed by atoms with E-state index < -0.39 is 23.6 Å². The zero-order valence-electron chi connectivity index (χ0n) is 13.2. The Labute approximate surface area is 144 Å². The maximum Gasteiger partial charge on any atom is 0.256 e. The first kappa shape index (κ1) is 17.1. The number of piperidine rings is 1. The highest BCUT2D eigenvalue weighted by Crippen LogP contribution is 2.27. The fraction of sp³-hybridized carbons (Fsp3) is 0.529. The highest BCUT2D eigenvalue weighted by molar-refractivity contribution is 6.33. The molecule has 0 spiro atoms. The lowest BCUT2D eigenvalue weighted by Gasteiger charge is -2.37. The molecule has 2 fully saturated rings. The van der Waals surface area contributed by atoms with E-state index in [2.05, 4.69) is 0 Å². The highest BCUT2D eigenvalue weighted by Gasteiger charge is 2.36. The van der Waals surface area contributed by atoms with E-state index in [9.17, 15) is 18.4 Å². The molecular weight excluding hydrogens is 338 g/mol. The summed E-state index contributed by atoms with van der Waals surface area (Å²) in [5, 5.41) is -0.142. The Morgan fingerprint density at radius 3 is 2.33 bits per heavy atom. The van der Waals surface area contributed by atoms with Gasteiger partial charge in [-0.25, -0.2) is 8.78 Å². The van der Waals surface area contributed by atoms with E-state index in [0.29, 0.717) is 26.1 Å². The fourth-order valence-electron chi connectivity index (χ4n) is 3.42. The molecule has 2 saturated heterocycles. The topological polar surface area (TPSA) is 40.6 Å². The molecule has 1 atom stereocenters. The van der Waals surface area contributed by atoms with E-state index in [1.165, 1.54) is 4.90 Å². The van der Waals surface area contributed by atoms with Crippen molar-refractivity contribution < 1.29 is 18.4 Å². The molecule has 1 aromatic carbocycles. The number of hydrogen-bond donors (Lipinski definition) is 0. The van der Waals surface area contributed by atoms with Gasteiger partial charge in [-0.2, -0.15) is 0 Å². The minimum absolute atomic E-state index is 0.0562. The maximum atomic E-state index is 13.5. The van der Waals surface area contributed by atoms with Gasteiger partial charge < -0.3 is 9.80 Å². The number of hydrogen-bond acceptors (Lipinski definition) is 2. The van der Waals surface area contributed by atoms with Gasteiger partial charge in [0.2, 0.25) is 5.91 Å². The molecule has 2 aliphatic heterocycles. The molecule has 0 aromatic heterocycles. The Morgan fingerprint density at radius 1 is 1.00 bits per heavy atom. The van der Waals surface area contributed by atoms with Gasteiger partial charge in [0.15, 0.2) is 11.6 Å². The Hall–Kier alpha value is -1.69. The summed E-state index contributed by atoms with van der Waals surface area (Å²) in [6, 6.07) is 1.06. The molecule has 3 rings (SSSR count). The average molecular weight is 357 g/mol. The lowest BCUT2D eigenvalue weighted by Crippen LogP contribution is -2.52. The molecule has 130 valence electrons. The van der Waals surface area contributed by atoms with Crippen molar-refractivity contribution in [1.82, 2.24) is 9.80 Å². The van der Waals surface area contributed by atoms with Crippen molar-refractivity contribution in [2.75, 3.05) is 19.6 Å². The van der Waals surface area contributed by atoms with Crippen LogP contribution in [0.15, 0.2) is 12.1 Å². The number of amides is 2. The van der Waals surface area contributed by atoms with Crippen molar-refractivity contribution in [1.29, 1.82) is 0 Å². The Balaban J connectivity index is 1.86. The number of rotatable bonds is 2. The second kappa shape index (κ2) is 7.05. The van der Waals surface area contributed by atoms with Crippen molar-refractivity contribution in [3.05, 3.63) is 34.4 Å². The zero-order chi connectivity index (χ0) is 17.3. The van der Waals surface area contributed by atoms with Crippen molar-refractivity contribution >= 4 is 23.4 Å². The van der Waals surface area contributed by atoms with Crippen LogP contribution in [0.3, 0.4) is 0 Å². The summed E-state index contributed by atoms with van der Waals surface area (Å²) in [4.78, 5) is 28.8. The van der Waals surface area contributed by atoms with Crippen molar-refractivity contribution in [2.24, 2.45) is 0 Å². The van der Waals surface area contributed by atoms with Gasteiger partial charge in [0.05, 0.1) is 10.6 Å². The summed E-state index contributed by atoms with van der Waals surface area (Å²) in [7, 11) is 0. The first-order valence-electron chi connectivity index (χ1n) is 8.23. The van der Waals surface area contributed by atoms with Crippen LogP contribution in [0.5, 0.6) is 0 Å². The third-order valence-electron chi connectivity index (χ3n) is 4.71. The summed E-state index contributed by atoms with van der Waals surface area (Å²) in [5.74, 6) is -2.79. The fourth-order valence-corrected chi connectivity index (χ4v) is 3.65. The number of carbonyl (C=O) groups excluding carboxylic acids is 2. The molecule has 0 bridgehead atoms. The molecule has 0 N–H and O–H groups in total. The minimum atomic E-state index is -1.12. The Bertz CT molecular complexity index is 662. The van der Waals surface area contributed by atoms with E-state index in [1.54, 1.807) is 4.90 Å². The lowest BCUT2D eigenvalue weighted by molar-refractivity contribution is -0.136. The van der Waals surface area contributed by atoms with Gasteiger partial charge in [-0.1, -0.05) is 11.6 Å². The van der Waals surface area contributed by atoms with Crippen LogP contribution < -0.4 is 0 Å². The third kappa shape index (κ3) is 3.24. The van der Waals surface area contributed by atoms with Crippen LogP contribution >= 0.6 is 11.6 Å². The maximum absolute atomic E-state index is 13.5. The van der Waals surface area contributed by atoms with E-state index in [-0.39, 0.29) is 16.5 Å². The minimum Gasteiger partial charge on any atom is -0.341 e. The van der Waals surface area contributed by atoms with Crippen LogP contribution in [0.2, 0.25) is 5.02 Å². The molecular formula is C17H19ClF2N2O2. The van der Waals surface area contributed by atoms with Crippen LogP contribution in [0.4, 0.5) is 8.78 Å². The molecule has 2 aliphatic rings. The van der Waals surface area contributed by atoms with Gasteiger partial charge in [0.1, 0.15) is 6.04 Å². The first-order chi connectivity index (χ1) is 11.5. The molecule has 24 heavy (non-hydrogen) atoms. The molecule has 1 aromatic rings. The summed E-state index contributed by atoms with van der Waals surface area (Å²) < 4.78 is 26.7. The van der Waals surface area contributed by atoms with Crippen LogP contribution in [0.25, 0.3) is 0 Å². The Kier molecular flexibility index (Phi) is 5.04.